The summed E-state index contributed by atoms with van der Waals surface area (Å²) < 4.78 is 39.8. The van der Waals surface area contributed by atoms with Gasteiger partial charge in [0.2, 0.25) is 0 Å². The van der Waals surface area contributed by atoms with Crippen LogP contribution in [0.25, 0.3) is 0 Å². The number of ether oxygens (including phenoxy) is 1. The maximum absolute atomic E-state index is 12.1. The van der Waals surface area contributed by atoms with Gasteiger partial charge in [0.25, 0.3) is 5.63 Å². The van der Waals surface area contributed by atoms with E-state index in [1.807, 2.05) is 0 Å². The first-order chi connectivity index (χ1) is 5.00. The van der Waals surface area contributed by atoms with Gasteiger partial charge >= 0.3 is 6.11 Å². The maximum Gasteiger partial charge on any atom is 0.400 e. The third kappa shape index (κ3) is 5.88. The van der Waals surface area contributed by atoms with Gasteiger partial charge in [0.15, 0.2) is 0 Å². The molecule has 0 aliphatic carbocycles. The number of alkyl halides is 4. The van der Waals surface area contributed by atoms with Crippen LogP contribution in [0.5, 0.6) is 0 Å². The Morgan fingerprint density at radius 3 is 2.33 bits per heavy atom. The average molecular weight is 228 g/mol. The monoisotopic (exact) mass is 227 g/mol. The lowest BCUT2D eigenvalue weighted by Crippen LogP contribution is -2.30. The molecule has 1 unspecified atom stereocenters. The van der Waals surface area contributed by atoms with Crippen molar-refractivity contribution in [2.45, 2.75) is 18.2 Å². The number of nitrogens with two attached hydrogens (primary N) is 1. The largest absolute Gasteiger partial charge is 0.400 e. The van der Waals surface area contributed by atoms with Crippen LogP contribution in [0.3, 0.4) is 0 Å². The van der Waals surface area contributed by atoms with Crippen molar-refractivity contribution in [1.82, 2.24) is 0 Å². The highest BCUT2D eigenvalue weighted by Crippen LogP contribution is 2.25. The smallest absolute Gasteiger partial charge is 0.330 e. The molecule has 2 N–H and O–H groups in total. The molecule has 1 atom stereocenters. The summed E-state index contributed by atoms with van der Waals surface area (Å²) in [5, 5.41) is 0. The molecule has 12 heavy (non-hydrogen) atoms. The minimum Gasteiger partial charge on any atom is -0.330 e. The van der Waals surface area contributed by atoms with Gasteiger partial charge in [-0.1, -0.05) is 11.6 Å². The van der Waals surface area contributed by atoms with Gasteiger partial charge in [-0.15, -0.1) is 12.4 Å². The van der Waals surface area contributed by atoms with E-state index in [-0.39, 0.29) is 32.0 Å². The Balaban J connectivity index is 0. The highest BCUT2D eigenvalue weighted by Gasteiger charge is 2.39. The minimum absolute atomic E-state index is 0. The molecule has 0 radical (unpaired) electrons. The summed E-state index contributed by atoms with van der Waals surface area (Å²) in [5.74, 6) is 0. The number of rotatable bonds is 5. The highest BCUT2D eigenvalue weighted by atomic mass is 35.5. The fraction of sp³-hybridized carbons (Fsp3) is 1.00. The molecule has 0 heterocycles. The van der Waals surface area contributed by atoms with E-state index in [4.69, 9.17) is 5.73 Å². The van der Waals surface area contributed by atoms with E-state index < -0.39 is 11.7 Å². The fourth-order valence-corrected chi connectivity index (χ4v) is 0.418. The van der Waals surface area contributed by atoms with Gasteiger partial charge < -0.3 is 10.5 Å². The van der Waals surface area contributed by atoms with Gasteiger partial charge in [0.1, 0.15) is 0 Å². The third-order valence-corrected chi connectivity index (χ3v) is 1.15. The minimum atomic E-state index is -3.91. The Labute approximate surface area is 79.6 Å². The summed E-state index contributed by atoms with van der Waals surface area (Å²) in [7, 11) is 0. The summed E-state index contributed by atoms with van der Waals surface area (Å²) in [4.78, 5) is 0. The Kier molecular flexibility index (Phi) is 8.34. The SMILES string of the molecule is Cl.NCCCOC(F)(F)C(F)Cl. The molecule has 0 bridgehead atoms. The molecule has 7 heteroatoms. The van der Waals surface area contributed by atoms with Crippen molar-refractivity contribution in [2.75, 3.05) is 13.2 Å². The molecule has 0 aromatic carbocycles. The molecule has 76 valence electrons. The van der Waals surface area contributed by atoms with E-state index in [1.165, 1.54) is 0 Å². The molecule has 0 spiro atoms. The number of halogens is 5. The zero-order chi connectivity index (χ0) is 8.91. The van der Waals surface area contributed by atoms with E-state index >= 15 is 0 Å². The Morgan fingerprint density at radius 2 is 2.00 bits per heavy atom. The van der Waals surface area contributed by atoms with E-state index in [9.17, 15) is 13.2 Å². The normalized spacial score (nSPS) is 13.8. The second-order valence-corrected chi connectivity index (χ2v) is 2.24. The van der Waals surface area contributed by atoms with Crippen molar-refractivity contribution in [3.8, 4) is 0 Å². The van der Waals surface area contributed by atoms with E-state index in [2.05, 4.69) is 16.3 Å². The standard InChI is InChI=1S/C5H9ClF3NO.ClH/c6-4(7)5(8,9)11-3-1-2-10;/h4H,1-3,10H2;1H. The molecule has 0 aromatic heterocycles. The van der Waals surface area contributed by atoms with Crippen LogP contribution in [-0.4, -0.2) is 24.9 Å². The van der Waals surface area contributed by atoms with Crippen molar-refractivity contribution in [3.63, 3.8) is 0 Å². The van der Waals surface area contributed by atoms with Crippen molar-refractivity contribution < 1.29 is 17.9 Å². The zero-order valence-corrected chi connectivity index (χ0v) is 7.68. The van der Waals surface area contributed by atoms with Gasteiger partial charge in [-0.25, -0.2) is 4.39 Å². The van der Waals surface area contributed by atoms with Crippen molar-refractivity contribution in [1.29, 1.82) is 0 Å². The van der Waals surface area contributed by atoms with Gasteiger partial charge in [-0.3, -0.25) is 0 Å². The first-order valence-corrected chi connectivity index (χ1v) is 3.44. The molecule has 0 saturated carbocycles. The lowest BCUT2D eigenvalue weighted by Gasteiger charge is -2.15. The van der Waals surface area contributed by atoms with E-state index in [1.54, 1.807) is 0 Å². The van der Waals surface area contributed by atoms with Crippen LogP contribution in [0.2, 0.25) is 0 Å². The molecule has 0 amide bonds. The number of hydrogen-bond acceptors (Lipinski definition) is 2. The van der Waals surface area contributed by atoms with Crippen LogP contribution in [0, 0.1) is 0 Å². The van der Waals surface area contributed by atoms with E-state index in [0.29, 0.717) is 0 Å². The lowest BCUT2D eigenvalue weighted by molar-refractivity contribution is -0.256. The molecule has 0 aromatic rings. The molecule has 0 aliphatic heterocycles. The molecule has 0 fully saturated rings. The van der Waals surface area contributed by atoms with Crippen molar-refractivity contribution in [3.05, 3.63) is 0 Å². The van der Waals surface area contributed by atoms with Crippen LogP contribution >= 0.6 is 24.0 Å². The molecule has 0 saturated heterocycles. The fourth-order valence-electron chi connectivity index (χ4n) is 0.355. The van der Waals surface area contributed by atoms with E-state index in [0.717, 1.165) is 0 Å². The van der Waals surface area contributed by atoms with Crippen LogP contribution < -0.4 is 5.73 Å². The van der Waals surface area contributed by atoms with Crippen LogP contribution in [0.1, 0.15) is 6.42 Å². The zero-order valence-electron chi connectivity index (χ0n) is 6.10. The third-order valence-electron chi connectivity index (χ3n) is 0.897. The molecule has 0 rings (SSSR count). The molecule has 2 nitrogen and oxygen atoms in total. The maximum atomic E-state index is 12.1. The Bertz CT molecular complexity index is 115. The van der Waals surface area contributed by atoms with Crippen LogP contribution in [0.15, 0.2) is 0 Å². The summed E-state index contributed by atoms with van der Waals surface area (Å²) in [6.07, 6.45) is -3.66. The van der Waals surface area contributed by atoms with Gasteiger partial charge in [-0.2, -0.15) is 8.78 Å². The Morgan fingerprint density at radius 1 is 1.50 bits per heavy atom. The first kappa shape index (κ1) is 14.8. The van der Waals surface area contributed by atoms with Crippen molar-refractivity contribution in [2.24, 2.45) is 5.73 Å². The van der Waals surface area contributed by atoms with Gasteiger partial charge in [0.05, 0.1) is 6.61 Å². The number of hydrogen-bond donors (Lipinski definition) is 1. The average Bonchev–Trinajstić information content (AvgIpc) is 1.88. The van der Waals surface area contributed by atoms with Gasteiger partial charge in [-0.05, 0) is 13.0 Å². The Hall–Kier alpha value is 0.290. The summed E-state index contributed by atoms with van der Waals surface area (Å²) in [5.41, 5.74) is 2.18. The quantitative estimate of drug-likeness (QED) is 0.576. The predicted octanol–water partition coefficient (Wildman–Crippen LogP) is 1.90. The summed E-state index contributed by atoms with van der Waals surface area (Å²) >= 11 is 4.48. The van der Waals surface area contributed by atoms with Crippen molar-refractivity contribution >= 4 is 24.0 Å². The highest BCUT2D eigenvalue weighted by molar-refractivity contribution is 6.20. The van der Waals surface area contributed by atoms with Crippen LogP contribution in [-0.2, 0) is 4.74 Å². The first-order valence-electron chi connectivity index (χ1n) is 3.00. The molecule has 0 aliphatic rings. The topological polar surface area (TPSA) is 35.2 Å². The summed E-state index contributed by atoms with van der Waals surface area (Å²) in [6.45, 7) is -0.0774. The molecular formula is C5H10Cl2F3NO. The second-order valence-electron chi connectivity index (χ2n) is 1.85. The lowest BCUT2D eigenvalue weighted by atomic mass is 10.5. The predicted molar refractivity (Wildman–Crippen MR) is 42.6 cm³/mol. The second kappa shape index (κ2) is 6.77. The van der Waals surface area contributed by atoms with Gasteiger partial charge in [0, 0.05) is 0 Å². The molecular weight excluding hydrogens is 218 g/mol. The summed E-state index contributed by atoms with van der Waals surface area (Å²) in [6, 6.07) is 0. The van der Waals surface area contributed by atoms with Crippen LogP contribution in [0.4, 0.5) is 13.2 Å².